The van der Waals surface area contributed by atoms with Gasteiger partial charge in [0.15, 0.2) is 5.65 Å². The SMILES string of the molecule is COc1ccc(Nc2c(C(=O)N3CCCC[C@@H]3C)cnc3nc(C)ccc23)cc1. The van der Waals surface area contributed by atoms with Gasteiger partial charge in [-0.3, -0.25) is 4.79 Å². The van der Waals surface area contributed by atoms with E-state index in [1.54, 1.807) is 13.3 Å². The molecule has 1 N–H and O–H groups in total. The lowest BCUT2D eigenvalue weighted by atomic mass is 10.0. The number of ether oxygens (including phenoxy) is 1. The van der Waals surface area contributed by atoms with E-state index in [1.807, 2.05) is 48.2 Å². The molecule has 1 aromatic carbocycles. The number of hydrogen-bond donors (Lipinski definition) is 1. The van der Waals surface area contributed by atoms with Crippen LogP contribution in [-0.2, 0) is 0 Å². The predicted octanol–water partition coefficient (Wildman–Crippen LogP) is 4.71. The highest BCUT2D eigenvalue weighted by Crippen LogP contribution is 2.31. The van der Waals surface area contributed by atoms with E-state index in [9.17, 15) is 4.79 Å². The topological polar surface area (TPSA) is 67.3 Å². The van der Waals surface area contributed by atoms with Gasteiger partial charge < -0.3 is 15.0 Å². The molecule has 1 aliphatic rings. The summed E-state index contributed by atoms with van der Waals surface area (Å²) < 4.78 is 5.25. The van der Waals surface area contributed by atoms with Crippen molar-refractivity contribution >= 4 is 28.3 Å². The van der Waals surface area contributed by atoms with Crippen molar-refractivity contribution in [3.63, 3.8) is 0 Å². The number of fused-ring (bicyclic) bond motifs is 1. The fourth-order valence-electron chi connectivity index (χ4n) is 3.84. The molecule has 1 saturated heterocycles. The number of rotatable bonds is 4. The van der Waals surface area contributed by atoms with Gasteiger partial charge in [0.1, 0.15) is 5.75 Å². The van der Waals surface area contributed by atoms with Crippen LogP contribution in [0.2, 0.25) is 0 Å². The minimum Gasteiger partial charge on any atom is -0.497 e. The maximum atomic E-state index is 13.4. The molecule has 1 atom stereocenters. The van der Waals surface area contributed by atoms with Gasteiger partial charge in [0.25, 0.3) is 5.91 Å². The normalized spacial score (nSPS) is 16.7. The van der Waals surface area contributed by atoms with Crippen LogP contribution >= 0.6 is 0 Å². The van der Waals surface area contributed by atoms with Crippen molar-refractivity contribution in [1.29, 1.82) is 0 Å². The average molecular weight is 390 g/mol. The zero-order chi connectivity index (χ0) is 20.4. The predicted molar refractivity (Wildman–Crippen MR) is 115 cm³/mol. The summed E-state index contributed by atoms with van der Waals surface area (Å²) in [6, 6.07) is 11.8. The zero-order valence-corrected chi connectivity index (χ0v) is 17.1. The minimum atomic E-state index is 0.0168. The van der Waals surface area contributed by atoms with Gasteiger partial charge >= 0.3 is 0 Å². The minimum absolute atomic E-state index is 0.0168. The summed E-state index contributed by atoms with van der Waals surface area (Å²) in [5.74, 6) is 0.800. The molecule has 29 heavy (non-hydrogen) atoms. The van der Waals surface area contributed by atoms with Crippen LogP contribution in [0.25, 0.3) is 11.0 Å². The second-order valence-electron chi connectivity index (χ2n) is 7.57. The molecule has 0 spiro atoms. The molecule has 0 unspecified atom stereocenters. The number of amides is 1. The first kappa shape index (κ1) is 19.2. The highest BCUT2D eigenvalue weighted by Gasteiger charge is 2.27. The Balaban J connectivity index is 1.79. The van der Waals surface area contributed by atoms with Gasteiger partial charge in [0.05, 0.1) is 18.4 Å². The number of hydrogen-bond acceptors (Lipinski definition) is 5. The lowest BCUT2D eigenvalue weighted by molar-refractivity contribution is 0.0636. The second-order valence-corrected chi connectivity index (χ2v) is 7.57. The molecule has 150 valence electrons. The summed E-state index contributed by atoms with van der Waals surface area (Å²) >= 11 is 0. The first-order chi connectivity index (χ1) is 14.1. The molecule has 2 aromatic heterocycles. The van der Waals surface area contributed by atoms with E-state index in [1.165, 1.54) is 6.42 Å². The standard InChI is InChI=1S/C23H26N4O2/c1-15-7-12-19-21(26-17-8-10-18(29-3)11-9-17)20(14-24-22(19)25-15)23(28)27-13-5-4-6-16(27)2/h7-12,14,16H,4-6,13H2,1-3H3,(H,24,25,26)/t16-/m0/s1. The van der Waals surface area contributed by atoms with Crippen LogP contribution in [0, 0.1) is 6.92 Å². The van der Waals surface area contributed by atoms with Gasteiger partial charge in [0.2, 0.25) is 0 Å². The Bertz CT molecular complexity index is 1030. The van der Waals surface area contributed by atoms with E-state index in [0.717, 1.165) is 47.6 Å². The van der Waals surface area contributed by atoms with Crippen LogP contribution < -0.4 is 10.1 Å². The number of benzene rings is 1. The van der Waals surface area contributed by atoms with Crippen molar-refractivity contribution in [3.05, 3.63) is 53.9 Å². The number of anilines is 2. The molecule has 0 bridgehead atoms. The van der Waals surface area contributed by atoms with Gasteiger partial charge in [-0.2, -0.15) is 0 Å². The van der Waals surface area contributed by atoms with Crippen LogP contribution in [0.5, 0.6) is 5.75 Å². The fourth-order valence-corrected chi connectivity index (χ4v) is 3.84. The van der Waals surface area contributed by atoms with Gasteiger partial charge in [0, 0.05) is 35.6 Å². The first-order valence-electron chi connectivity index (χ1n) is 10.0. The van der Waals surface area contributed by atoms with Gasteiger partial charge in [-0.05, 0) is 69.5 Å². The monoisotopic (exact) mass is 390 g/mol. The molecule has 6 heteroatoms. The zero-order valence-electron chi connectivity index (χ0n) is 17.1. The van der Waals surface area contributed by atoms with Gasteiger partial charge in [-0.15, -0.1) is 0 Å². The molecule has 1 fully saturated rings. The van der Waals surface area contributed by atoms with Crippen LogP contribution in [-0.4, -0.2) is 40.5 Å². The van der Waals surface area contributed by atoms with Crippen molar-refractivity contribution in [2.75, 3.05) is 19.0 Å². The summed E-state index contributed by atoms with van der Waals surface area (Å²) in [5, 5.41) is 4.27. The Morgan fingerprint density at radius 3 is 2.69 bits per heavy atom. The molecule has 3 heterocycles. The molecular formula is C23H26N4O2. The summed E-state index contributed by atoms with van der Waals surface area (Å²) in [4.78, 5) is 24.4. The molecule has 1 amide bonds. The molecular weight excluding hydrogens is 364 g/mol. The van der Waals surface area contributed by atoms with Gasteiger partial charge in [-0.25, -0.2) is 9.97 Å². The van der Waals surface area contributed by atoms with Gasteiger partial charge in [-0.1, -0.05) is 0 Å². The van der Waals surface area contributed by atoms with Crippen LogP contribution in [0.15, 0.2) is 42.6 Å². The van der Waals surface area contributed by atoms with E-state index >= 15 is 0 Å². The summed E-state index contributed by atoms with van der Waals surface area (Å²) in [7, 11) is 1.64. The first-order valence-corrected chi connectivity index (χ1v) is 10.0. The average Bonchev–Trinajstić information content (AvgIpc) is 2.74. The Kier molecular flexibility index (Phi) is 5.34. The highest BCUT2D eigenvalue weighted by atomic mass is 16.5. The number of methoxy groups -OCH3 is 1. The Labute approximate surface area is 170 Å². The molecule has 0 radical (unpaired) electrons. The number of aryl methyl sites for hydroxylation is 1. The van der Waals surface area contributed by atoms with Crippen molar-refractivity contribution in [1.82, 2.24) is 14.9 Å². The maximum Gasteiger partial charge on any atom is 0.257 e. The molecule has 1 aliphatic heterocycles. The summed E-state index contributed by atoms with van der Waals surface area (Å²) in [6.45, 7) is 4.84. The van der Waals surface area contributed by atoms with E-state index < -0.39 is 0 Å². The maximum absolute atomic E-state index is 13.4. The highest BCUT2D eigenvalue weighted by molar-refractivity contribution is 6.07. The Hall–Kier alpha value is -3.15. The smallest absolute Gasteiger partial charge is 0.257 e. The fraction of sp³-hybridized carbons (Fsp3) is 0.348. The van der Waals surface area contributed by atoms with Crippen molar-refractivity contribution in [2.24, 2.45) is 0 Å². The van der Waals surface area contributed by atoms with Crippen molar-refractivity contribution in [2.45, 2.75) is 39.2 Å². The van der Waals surface area contributed by atoms with Crippen LogP contribution in [0.1, 0.15) is 42.2 Å². The molecule has 4 rings (SSSR count). The largest absolute Gasteiger partial charge is 0.497 e. The molecule has 0 saturated carbocycles. The third-order valence-corrected chi connectivity index (χ3v) is 5.52. The number of nitrogens with one attached hydrogen (secondary N) is 1. The van der Waals surface area contributed by atoms with Crippen molar-refractivity contribution in [3.8, 4) is 5.75 Å². The van der Waals surface area contributed by atoms with E-state index in [2.05, 4.69) is 22.2 Å². The second kappa shape index (κ2) is 8.07. The Morgan fingerprint density at radius 2 is 1.97 bits per heavy atom. The number of aromatic nitrogens is 2. The molecule has 6 nitrogen and oxygen atoms in total. The Morgan fingerprint density at radius 1 is 1.17 bits per heavy atom. The molecule has 3 aromatic rings. The lowest BCUT2D eigenvalue weighted by Gasteiger charge is -2.34. The van der Waals surface area contributed by atoms with E-state index in [4.69, 9.17) is 4.74 Å². The number of likely N-dealkylation sites (tertiary alicyclic amines) is 1. The quantitative estimate of drug-likeness (QED) is 0.699. The number of carbonyl (C=O) groups excluding carboxylic acids is 1. The third-order valence-electron chi connectivity index (χ3n) is 5.52. The number of piperidine rings is 1. The number of carbonyl (C=O) groups is 1. The van der Waals surface area contributed by atoms with Crippen molar-refractivity contribution < 1.29 is 9.53 Å². The van der Waals surface area contributed by atoms with Crippen LogP contribution in [0.4, 0.5) is 11.4 Å². The number of pyridine rings is 2. The lowest BCUT2D eigenvalue weighted by Crippen LogP contribution is -2.42. The van der Waals surface area contributed by atoms with Crippen LogP contribution in [0.3, 0.4) is 0 Å². The van der Waals surface area contributed by atoms with E-state index in [-0.39, 0.29) is 11.9 Å². The number of nitrogens with zero attached hydrogens (tertiary/aromatic N) is 3. The van der Waals surface area contributed by atoms with E-state index in [0.29, 0.717) is 11.2 Å². The summed E-state index contributed by atoms with van der Waals surface area (Å²) in [5.41, 5.74) is 3.72. The summed E-state index contributed by atoms with van der Waals surface area (Å²) in [6.07, 6.45) is 4.90. The molecule has 0 aliphatic carbocycles. The third kappa shape index (κ3) is 3.88.